The van der Waals surface area contributed by atoms with Crippen molar-refractivity contribution in [3.05, 3.63) is 71.8 Å². The summed E-state index contributed by atoms with van der Waals surface area (Å²) >= 11 is 0. The van der Waals surface area contributed by atoms with Gasteiger partial charge >= 0.3 is 0 Å². The molecule has 3 nitrogen and oxygen atoms in total. The van der Waals surface area contributed by atoms with Crippen molar-refractivity contribution in [1.29, 1.82) is 0 Å². The standard InChI is InChI=1S/C8H11N3.C7H8/c1-10-11-8(9)7-5-3-2-4-6-7;1-7-5-3-2-4-6-7/h2-6,10H,1H3,(H2,9,11);2-6H,1H3. The minimum absolute atomic E-state index is 0.508. The summed E-state index contributed by atoms with van der Waals surface area (Å²) in [5, 5.41) is 3.84. The molecule has 0 spiro atoms. The van der Waals surface area contributed by atoms with E-state index in [1.165, 1.54) is 5.56 Å². The number of nitrogens with two attached hydrogens (primary N) is 1. The second kappa shape index (κ2) is 7.90. The summed E-state index contributed by atoms with van der Waals surface area (Å²) < 4.78 is 0. The van der Waals surface area contributed by atoms with Gasteiger partial charge in [-0.15, -0.1) is 0 Å². The van der Waals surface area contributed by atoms with Crippen LogP contribution in [0.2, 0.25) is 0 Å². The highest BCUT2D eigenvalue weighted by molar-refractivity contribution is 5.97. The van der Waals surface area contributed by atoms with Crippen molar-refractivity contribution < 1.29 is 0 Å². The van der Waals surface area contributed by atoms with Crippen LogP contribution in [-0.2, 0) is 0 Å². The quantitative estimate of drug-likeness (QED) is 0.482. The van der Waals surface area contributed by atoms with E-state index in [-0.39, 0.29) is 0 Å². The highest BCUT2D eigenvalue weighted by atomic mass is 15.3. The van der Waals surface area contributed by atoms with Gasteiger partial charge in [0.1, 0.15) is 0 Å². The van der Waals surface area contributed by atoms with E-state index >= 15 is 0 Å². The molecule has 0 radical (unpaired) electrons. The van der Waals surface area contributed by atoms with Gasteiger partial charge in [0.15, 0.2) is 5.84 Å². The summed E-state index contributed by atoms with van der Waals surface area (Å²) in [6.07, 6.45) is 0. The molecular formula is C15H19N3. The van der Waals surface area contributed by atoms with Crippen molar-refractivity contribution in [2.24, 2.45) is 10.8 Å². The van der Waals surface area contributed by atoms with E-state index in [1.807, 2.05) is 48.5 Å². The van der Waals surface area contributed by atoms with Crippen LogP contribution in [-0.4, -0.2) is 12.9 Å². The van der Waals surface area contributed by atoms with E-state index in [0.717, 1.165) is 5.56 Å². The normalized spacial score (nSPS) is 10.2. The van der Waals surface area contributed by atoms with Gasteiger partial charge in [-0.3, -0.25) is 0 Å². The van der Waals surface area contributed by atoms with Crippen LogP contribution in [0, 0.1) is 6.92 Å². The highest BCUT2D eigenvalue weighted by Crippen LogP contribution is 1.96. The summed E-state index contributed by atoms with van der Waals surface area (Å²) in [5.41, 5.74) is 10.5. The molecule has 0 fully saturated rings. The maximum Gasteiger partial charge on any atom is 0.150 e. The van der Waals surface area contributed by atoms with Crippen LogP contribution in [0.4, 0.5) is 0 Å². The minimum atomic E-state index is 0.508. The first kappa shape index (κ1) is 13.8. The lowest BCUT2D eigenvalue weighted by atomic mass is 10.2. The predicted octanol–water partition coefficient (Wildman–Crippen LogP) is 2.52. The van der Waals surface area contributed by atoms with Gasteiger partial charge in [0.25, 0.3) is 0 Å². The largest absolute Gasteiger partial charge is 0.382 e. The molecule has 0 unspecified atom stereocenters. The Hall–Kier alpha value is -2.29. The monoisotopic (exact) mass is 241 g/mol. The molecule has 3 heteroatoms. The second-order valence-corrected chi connectivity index (χ2v) is 3.74. The molecule has 0 atom stereocenters. The van der Waals surface area contributed by atoms with Crippen molar-refractivity contribution in [3.63, 3.8) is 0 Å². The van der Waals surface area contributed by atoms with Gasteiger partial charge in [-0.1, -0.05) is 66.2 Å². The van der Waals surface area contributed by atoms with E-state index in [1.54, 1.807) is 7.05 Å². The minimum Gasteiger partial charge on any atom is -0.382 e. The first-order valence-electron chi connectivity index (χ1n) is 5.81. The third kappa shape index (κ3) is 5.16. The lowest BCUT2D eigenvalue weighted by molar-refractivity contribution is 0.898. The number of nitrogens with zero attached hydrogens (tertiary/aromatic N) is 1. The van der Waals surface area contributed by atoms with Crippen LogP contribution in [0.5, 0.6) is 0 Å². The number of hydrazone groups is 1. The predicted molar refractivity (Wildman–Crippen MR) is 77.4 cm³/mol. The van der Waals surface area contributed by atoms with Crippen molar-refractivity contribution in [2.75, 3.05) is 7.05 Å². The Labute approximate surface area is 108 Å². The van der Waals surface area contributed by atoms with E-state index in [9.17, 15) is 0 Å². The van der Waals surface area contributed by atoms with Crippen molar-refractivity contribution in [2.45, 2.75) is 6.92 Å². The molecular weight excluding hydrogens is 222 g/mol. The van der Waals surface area contributed by atoms with Crippen molar-refractivity contribution in [1.82, 2.24) is 5.43 Å². The molecule has 0 saturated carbocycles. The van der Waals surface area contributed by atoms with E-state index in [2.05, 4.69) is 29.6 Å². The molecule has 2 aromatic carbocycles. The summed E-state index contributed by atoms with van der Waals surface area (Å²) in [5.74, 6) is 0.508. The second-order valence-electron chi connectivity index (χ2n) is 3.74. The van der Waals surface area contributed by atoms with E-state index in [0.29, 0.717) is 5.84 Å². The lowest BCUT2D eigenvalue weighted by Gasteiger charge is -1.97. The number of rotatable bonds is 2. The van der Waals surface area contributed by atoms with Gasteiger partial charge in [0, 0.05) is 12.6 Å². The third-order valence-corrected chi connectivity index (χ3v) is 2.24. The van der Waals surface area contributed by atoms with E-state index < -0.39 is 0 Å². The number of aryl methyl sites for hydroxylation is 1. The smallest absolute Gasteiger partial charge is 0.150 e. The highest BCUT2D eigenvalue weighted by Gasteiger charge is 1.93. The van der Waals surface area contributed by atoms with E-state index in [4.69, 9.17) is 5.73 Å². The van der Waals surface area contributed by atoms with Gasteiger partial charge in [-0.05, 0) is 6.92 Å². The summed E-state index contributed by atoms with van der Waals surface area (Å²) in [6.45, 7) is 2.08. The topological polar surface area (TPSA) is 50.4 Å². The fraction of sp³-hybridized carbons (Fsp3) is 0.133. The first-order chi connectivity index (χ1) is 8.74. The van der Waals surface area contributed by atoms with Crippen molar-refractivity contribution in [3.8, 4) is 0 Å². The Morgan fingerprint density at radius 1 is 0.944 bits per heavy atom. The molecule has 0 aromatic heterocycles. The Balaban J connectivity index is 0.000000199. The molecule has 0 aliphatic heterocycles. The van der Waals surface area contributed by atoms with Crippen LogP contribution >= 0.6 is 0 Å². The first-order valence-corrected chi connectivity index (χ1v) is 5.81. The van der Waals surface area contributed by atoms with Gasteiger partial charge in [0.2, 0.25) is 0 Å². The zero-order valence-electron chi connectivity index (χ0n) is 10.8. The average molecular weight is 241 g/mol. The zero-order chi connectivity index (χ0) is 13.2. The maximum atomic E-state index is 5.59. The summed E-state index contributed by atoms with van der Waals surface area (Å²) in [6, 6.07) is 19.9. The summed E-state index contributed by atoms with van der Waals surface area (Å²) in [4.78, 5) is 0. The number of amidine groups is 1. The van der Waals surface area contributed by atoms with Gasteiger partial charge < -0.3 is 11.2 Å². The zero-order valence-corrected chi connectivity index (χ0v) is 10.8. The molecule has 2 rings (SSSR count). The molecule has 0 aliphatic carbocycles. The summed E-state index contributed by atoms with van der Waals surface area (Å²) in [7, 11) is 1.72. The lowest BCUT2D eigenvalue weighted by Crippen LogP contribution is -2.16. The molecule has 0 bridgehead atoms. The number of nitrogens with one attached hydrogen (secondary N) is 1. The Kier molecular flexibility index (Phi) is 6.04. The Morgan fingerprint density at radius 2 is 1.44 bits per heavy atom. The fourth-order valence-corrected chi connectivity index (χ4v) is 1.33. The molecule has 0 aliphatic rings. The Morgan fingerprint density at radius 3 is 1.83 bits per heavy atom. The fourth-order valence-electron chi connectivity index (χ4n) is 1.33. The molecule has 0 heterocycles. The number of hydrogen-bond donors (Lipinski definition) is 2. The van der Waals surface area contributed by atoms with Gasteiger partial charge in [0.05, 0.1) is 0 Å². The molecule has 2 aromatic rings. The third-order valence-electron chi connectivity index (χ3n) is 2.24. The SMILES string of the molecule is CN/N=C(\N)c1ccccc1.Cc1ccccc1. The number of hydrogen-bond acceptors (Lipinski definition) is 2. The van der Waals surface area contributed by atoms with Crippen LogP contribution < -0.4 is 11.2 Å². The molecule has 0 amide bonds. The molecule has 0 saturated heterocycles. The van der Waals surface area contributed by atoms with Crippen LogP contribution in [0.25, 0.3) is 0 Å². The maximum absolute atomic E-state index is 5.59. The number of benzene rings is 2. The Bertz CT molecular complexity index is 464. The average Bonchev–Trinajstić information content (AvgIpc) is 2.42. The van der Waals surface area contributed by atoms with Crippen LogP contribution in [0.1, 0.15) is 11.1 Å². The van der Waals surface area contributed by atoms with Gasteiger partial charge in [-0.25, -0.2) is 0 Å². The molecule has 3 N–H and O–H groups in total. The van der Waals surface area contributed by atoms with Gasteiger partial charge in [-0.2, -0.15) is 5.10 Å². The molecule has 18 heavy (non-hydrogen) atoms. The molecule has 94 valence electrons. The van der Waals surface area contributed by atoms with Crippen LogP contribution in [0.3, 0.4) is 0 Å². The van der Waals surface area contributed by atoms with Crippen molar-refractivity contribution >= 4 is 5.84 Å². The van der Waals surface area contributed by atoms with Crippen LogP contribution in [0.15, 0.2) is 65.8 Å².